The summed E-state index contributed by atoms with van der Waals surface area (Å²) in [5.74, 6) is -3.22. The van der Waals surface area contributed by atoms with Crippen molar-refractivity contribution in [1.82, 2.24) is 40.9 Å². The van der Waals surface area contributed by atoms with Crippen LogP contribution in [0.2, 0.25) is 0 Å². The number of nitrogens with zero attached hydrogens (tertiary/aromatic N) is 4. The van der Waals surface area contributed by atoms with E-state index in [0.29, 0.717) is 25.4 Å². The first-order valence-corrected chi connectivity index (χ1v) is 21.1. The Morgan fingerprint density at radius 3 is 1.80 bits per heavy atom. The normalized spacial score (nSPS) is 16.6. The number of nitrogens with one attached hydrogen (secondary N) is 4. The van der Waals surface area contributed by atoms with Crippen molar-refractivity contribution >= 4 is 53.1 Å². The summed E-state index contributed by atoms with van der Waals surface area (Å²) >= 11 is 1.38. The first-order chi connectivity index (χ1) is 26.2. The Morgan fingerprint density at radius 1 is 0.714 bits per heavy atom. The monoisotopic (exact) mass is 813 g/mol. The summed E-state index contributed by atoms with van der Waals surface area (Å²) in [5, 5.41) is 9.74. The average molecular weight is 813 g/mol. The van der Waals surface area contributed by atoms with E-state index in [0.717, 1.165) is 26.1 Å². The maximum absolute atomic E-state index is 14.2. The minimum atomic E-state index is -1.05. The second-order valence-electron chi connectivity index (χ2n) is 15.8. The number of carbonyl (C=O) groups excluding carboxylic acids is 7. The van der Waals surface area contributed by atoms with Gasteiger partial charge in [-0.3, -0.25) is 38.5 Å². The fraction of sp³-hybridized carbons (Fsp3) is 0.821. The Balaban J connectivity index is 3.24. The zero-order chi connectivity index (χ0) is 42.9. The molecular formula is C39H72N8O8S. The minimum absolute atomic E-state index is 0.0111. The van der Waals surface area contributed by atoms with Crippen molar-refractivity contribution in [2.24, 2.45) is 17.8 Å². The topological polar surface area (TPSA) is 190 Å². The second-order valence-corrected chi connectivity index (χ2v) is 17.0. The van der Waals surface area contributed by atoms with Crippen LogP contribution in [0.1, 0.15) is 88.0 Å². The van der Waals surface area contributed by atoms with Crippen LogP contribution in [0.15, 0.2) is 0 Å². The molecule has 0 aromatic rings. The Morgan fingerprint density at radius 2 is 1.29 bits per heavy atom. The average Bonchev–Trinajstić information content (AvgIpc) is 3.14. The molecule has 1 heterocycles. The van der Waals surface area contributed by atoms with E-state index < -0.39 is 65.1 Å². The van der Waals surface area contributed by atoms with Crippen LogP contribution >= 0.6 is 11.8 Å². The maximum Gasteiger partial charge on any atom is 0.256 e. The summed E-state index contributed by atoms with van der Waals surface area (Å²) in [6, 6.07) is -4.82. The van der Waals surface area contributed by atoms with Gasteiger partial charge >= 0.3 is 0 Å². The van der Waals surface area contributed by atoms with E-state index in [9.17, 15) is 33.6 Å². The standard InChI is InChI=1S/C39H72N8O8S/c1-14-16-30(48)45(12)39(56-22-15-17-47-18-20-55-21-19-47)38(54)46(13)32(26(6)7)36(52)43-31(25(4)5)37(53)44(11)29(23-24(2)3)35(51)42-28(9)34(50)41-27(8)33(49)40-10/h24-29,31-32,39H,14-23H2,1-13H3,(H,40,49)(H,41,50)(H,42,51)(H,43,52)/t27-,28-,29+,31+,32+,39-/m1/s1. The molecule has 1 fully saturated rings. The Labute approximate surface area is 339 Å². The van der Waals surface area contributed by atoms with Crippen molar-refractivity contribution < 1.29 is 38.3 Å². The fourth-order valence-electron chi connectivity index (χ4n) is 6.42. The molecule has 322 valence electrons. The highest BCUT2D eigenvalue weighted by molar-refractivity contribution is 8.00. The third-order valence-corrected chi connectivity index (χ3v) is 11.2. The molecular weight excluding hydrogens is 741 g/mol. The van der Waals surface area contributed by atoms with E-state index in [2.05, 4.69) is 26.2 Å². The summed E-state index contributed by atoms with van der Waals surface area (Å²) in [5.41, 5.74) is 0. The van der Waals surface area contributed by atoms with Crippen LogP contribution < -0.4 is 21.3 Å². The SMILES string of the molecule is CCCC(=O)N(C)[C@H](SCCCN1CCOCC1)C(=O)N(C)[C@H](C(=O)N[C@H](C(=O)N(C)[C@@H](CC(C)C)C(=O)N[C@H](C)C(=O)N[C@H](C)C(=O)NC)C(C)C)C(C)C. The molecule has 0 spiro atoms. The van der Waals surface area contributed by atoms with Crippen molar-refractivity contribution in [2.45, 2.75) is 124 Å². The molecule has 0 aromatic heterocycles. The number of hydrogen-bond acceptors (Lipinski definition) is 10. The first-order valence-electron chi connectivity index (χ1n) is 20.0. The van der Waals surface area contributed by atoms with Gasteiger partial charge < -0.3 is 40.7 Å². The molecule has 7 amide bonds. The van der Waals surface area contributed by atoms with Crippen LogP contribution in [-0.4, -0.2) is 163 Å². The predicted octanol–water partition coefficient (Wildman–Crippen LogP) is 1.28. The van der Waals surface area contributed by atoms with Gasteiger partial charge in [-0.15, -0.1) is 11.8 Å². The van der Waals surface area contributed by atoms with Crippen LogP contribution in [0.5, 0.6) is 0 Å². The molecule has 56 heavy (non-hydrogen) atoms. The van der Waals surface area contributed by atoms with Crippen molar-refractivity contribution in [1.29, 1.82) is 0 Å². The molecule has 0 radical (unpaired) electrons. The van der Waals surface area contributed by atoms with E-state index in [-0.39, 0.29) is 42.4 Å². The molecule has 0 saturated carbocycles. The third kappa shape index (κ3) is 15.8. The van der Waals surface area contributed by atoms with Gasteiger partial charge in [0.1, 0.15) is 30.2 Å². The van der Waals surface area contributed by atoms with Crippen LogP contribution in [0.25, 0.3) is 0 Å². The van der Waals surface area contributed by atoms with E-state index >= 15 is 0 Å². The van der Waals surface area contributed by atoms with Crippen LogP contribution in [-0.2, 0) is 38.3 Å². The molecule has 16 nitrogen and oxygen atoms in total. The largest absolute Gasteiger partial charge is 0.379 e. The highest BCUT2D eigenvalue weighted by Crippen LogP contribution is 2.23. The lowest BCUT2D eigenvalue weighted by molar-refractivity contribution is -0.147. The van der Waals surface area contributed by atoms with Gasteiger partial charge in [0.05, 0.1) is 13.2 Å². The summed E-state index contributed by atoms with van der Waals surface area (Å²) in [6.45, 7) is 19.9. The van der Waals surface area contributed by atoms with Crippen molar-refractivity contribution in [2.75, 3.05) is 66.8 Å². The number of likely N-dealkylation sites (N-methyl/N-ethyl adjacent to an activating group) is 4. The molecule has 0 bridgehead atoms. The number of hydrogen-bond donors (Lipinski definition) is 4. The lowest BCUT2D eigenvalue weighted by Gasteiger charge is -2.37. The Bertz CT molecular complexity index is 1310. The first kappa shape index (κ1) is 50.6. The highest BCUT2D eigenvalue weighted by Gasteiger charge is 2.40. The lowest BCUT2D eigenvalue weighted by atomic mass is 9.96. The van der Waals surface area contributed by atoms with Gasteiger partial charge in [-0.25, -0.2) is 0 Å². The molecule has 1 aliphatic rings. The summed E-state index contributed by atoms with van der Waals surface area (Å²) in [4.78, 5) is 100. The molecule has 1 aliphatic heterocycles. The van der Waals surface area contributed by atoms with Crippen molar-refractivity contribution in [3.63, 3.8) is 0 Å². The molecule has 1 rings (SSSR count). The Hall–Kier alpha value is -3.44. The zero-order valence-electron chi connectivity index (χ0n) is 36.2. The van der Waals surface area contributed by atoms with Crippen molar-refractivity contribution in [3.05, 3.63) is 0 Å². The molecule has 17 heteroatoms. The van der Waals surface area contributed by atoms with Crippen molar-refractivity contribution in [3.8, 4) is 0 Å². The quantitative estimate of drug-likeness (QED) is 0.0865. The number of rotatable bonds is 23. The number of ether oxygens (including phenoxy) is 1. The Kier molecular flexibility index (Phi) is 22.6. The lowest BCUT2D eigenvalue weighted by Crippen LogP contribution is -2.61. The van der Waals surface area contributed by atoms with Gasteiger partial charge in [0.25, 0.3) is 5.91 Å². The summed E-state index contributed by atoms with van der Waals surface area (Å²) in [7, 11) is 6.13. The molecule has 0 aliphatic carbocycles. The number of morpholine rings is 1. The van der Waals surface area contributed by atoms with E-state index in [1.165, 1.54) is 54.4 Å². The number of thioether (sulfide) groups is 1. The number of amides is 7. The number of carbonyl (C=O) groups is 7. The van der Waals surface area contributed by atoms with Crippen LogP contribution in [0.3, 0.4) is 0 Å². The molecule has 0 unspecified atom stereocenters. The fourth-order valence-corrected chi connectivity index (χ4v) is 7.59. The molecule has 1 saturated heterocycles. The van der Waals surface area contributed by atoms with E-state index in [1.807, 2.05) is 34.6 Å². The summed E-state index contributed by atoms with van der Waals surface area (Å²) < 4.78 is 5.44. The van der Waals surface area contributed by atoms with Crippen LogP contribution in [0.4, 0.5) is 0 Å². The van der Waals surface area contributed by atoms with Gasteiger partial charge in [-0.2, -0.15) is 0 Å². The maximum atomic E-state index is 14.2. The molecule has 0 aromatic carbocycles. The highest BCUT2D eigenvalue weighted by atomic mass is 32.2. The molecule has 4 N–H and O–H groups in total. The zero-order valence-corrected chi connectivity index (χ0v) is 37.0. The smallest absolute Gasteiger partial charge is 0.256 e. The van der Waals surface area contributed by atoms with E-state index in [1.54, 1.807) is 27.9 Å². The van der Waals surface area contributed by atoms with Gasteiger partial charge in [0, 0.05) is 47.7 Å². The third-order valence-electron chi connectivity index (χ3n) is 9.88. The van der Waals surface area contributed by atoms with Gasteiger partial charge in [0.2, 0.25) is 35.4 Å². The van der Waals surface area contributed by atoms with Gasteiger partial charge in [-0.1, -0.05) is 48.5 Å². The van der Waals surface area contributed by atoms with E-state index in [4.69, 9.17) is 4.74 Å². The molecule has 6 atom stereocenters. The van der Waals surface area contributed by atoms with Gasteiger partial charge in [-0.05, 0) is 63.2 Å². The van der Waals surface area contributed by atoms with Gasteiger partial charge in [0.15, 0.2) is 5.37 Å². The van der Waals surface area contributed by atoms with Crippen LogP contribution in [0, 0.1) is 17.8 Å². The second kappa shape index (κ2) is 25.0. The minimum Gasteiger partial charge on any atom is -0.379 e. The predicted molar refractivity (Wildman–Crippen MR) is 219 cm³/mol. The summed E-state index contributed by atoms with van der Waals surface area (Å²) in [6.07, 6.45) is 2.01.